The molecule has 202 valence electrons. The van der Waals surface area contributed by atoms with Crippen molar-refractivity contribution in [3.8, 4) is 56.2 Å². The third-order valence-corrected chi connectivity index (χ3v) is 7.92. The molecule has 0 fully saturated rings. The van der Waals surface area contributed by atoms with Gasteiger partial charge in [-0.1, -0.05) is 127 Å². The Kier molecular flexibility index (Phi) is 6.12. The zero-order valence-electron chi connectivity index (χ0n) is 23.3. The lowest BCUT2D eigenvalue weighted by molar-refractivity contribution is 0.669. The summed E-state index contributed by atoms with van der Waals surface area (Å²) in [6, 6.07) is 54.5. The van der Waals surface area contributed by atoms with Crippen molar-refractivity contribution in [2.75, 3.05) is 0 Å². The van der Waals surface area contributed by atoms with E-state index in [1.54, 1.807) is 0 Å². The smallest absolute Gasteiger partial charge is 0.160 e. The van der Waals surface area contributed by atoms with Crippen LogP contribution >= 0.6 is 0 Å². The topological polar surface area (TPSA) is 38.9 Å². The zero-order chi connectivity index (χ0) is 28.6. The minimum atomic E-state index is 0.706. The van der Waals surface area contributed by atoms with Crippen molar-refractivity contribution in [3.05, 3.63) is 158 Å². The second kappa shape index (κ2) is 10.6. The van der Waals surface area contributed by atoms with Gasteiger partial charge in [0, 0.05) is 27.5 Å². The van der Waals surface area contributed by atoms with Crippen LogP contribution in [0.25, 0.3) is 78.1 Å². The number of hydrogen-bond acceptors (Lipinski definition) is 3. The zero-order valence-corrected chi connectivity index (χ0v) is 23.3. The number of rotatable bonds is 5. The molecule has 0 N–H and O–H groups in total. The highest BCUT2D eigenvalue weighted by Gasteiger charge is 2.16. The highest BCUT2D eigenvalue weighted by Crippen LogP contribution is 2.38. The molecule has 0 saturated heterocycles. The SMILES string of the molecule is c1ccc(-c2cc(-c3ccc(-c4ccc5oc6ccccc6c5c4)cc3-c3ccccc3)nc(-c3ccccc3)n2)cc1. The fourth-order valence-electron chi connectivity index (χ4n) is 5.77. The molecule has 0 radical (unpaired) electrons. The molecule has 8 aromatic rings. The van der Waals surface area contributed by atoms with Gasteiger partial charge in [0.15, 0.2) is 5.82 Å². The third-order valence-electron chi connectivity index (χ3n) is 7.92. The fourth-order valence-corrected chi connectivity index (χ4v) is 5.77. The third kappa shape index (κ3) is 4.67. The summed E-state index contributed by atoms with van der Waals surface area (Å²) in [5.41, 5.74) is 11.2. The lowest BCUT2D eigenvalue weighted by Crippen LogP contribution is -1.97. The Bertz CT molecular complexity index is 2160. The second-order valence-corrected chi connectivity index (χ2v) is 10.6. The van der Waals surface area contributed by atoms with Gasteiger partial charge in [0.05, 0.1) is 11.4 Å². The number of benzene rings is 6. The Morgan fingerprint density at radius 3 is 1.70 bits per heavy atom. The highest BCUT2D eigenvalue weighted by atomic mass is 16.3. The van der Waals surface area contributed by atoms with E-state index in [0.717, 1.165) is 72.3 Å². The first kappa shape index (κ1) is 25.0. The standard InChI is InChI=1S/C40H26N2O/c1-4-12-27(13-5-1)34-24-30(31-21-23-39-35(25-31)33-18-10-11-19-38(33)43-39)20-22-32(34)37-26-36(28-14-6-2-7-15-28)41-40(42-37)29-16-8-3-9-17-29/h1-26H. The van der Waals surface area contributed by atoms with Crippen LogP contribution in [-0.4, -0.2) is 9.97 Å². The molecule has 0 amide bonds. The summed E-state index contributed by atoms with van der Waals surface area (Å²) in [6.45, 7) is 0. The molecule has 0 bridgehead atoms. The largest absolute Gasteiger partial charge is 0.456 e. The van der Waals surface area contributed by atoms with Crippen LogP contribution in [0.5, 0.6) is 0 Å². The molecule has 0 unspecified atom stereocenters. The fraction of sp³-hybridized carbons (Fsp3) is 0. The van der Waals surface area contributed by atoms with Crippen LogP contribution in [-0.2, 0) is 0 Å². The molecule has 0 saturated carbocycles. The maximum Gasteiger partial charge on any atom is 0.160 e. The molecule has 43 heavy (non-hydrogen) atoms. The number of fused-ring (bicyclic) bond motifs is 3. The van der Waals surface area contributed by atoms with Gasteiger partial charge >= 0.3 is 0 Å². The van der Waals surface area contributed by atoms with Gasteiger partial charge < -0.3 is 4.42 Å². The first-order valence-corrected chi connectivity index (χ1v) is 14.4. The van der Waals surface area contributed by atoms with E-state index in [0.29, 0.717) is 5.82 Å². The molecule has 0 atom stereocenters. The molecule has 0 aliphatic rings. The molecule has 0 aliphatic carbocycles. The lowest BCUT2D eigenvalue weighted by Gasteiger charge is -2.15. The van der Waals surface area contributed by atoms with Crippen molar-refractivity contribution >= 4 is 21.9 Å². The van der Waals surface area contributed by atoms with E-state index in [9.17, 15) is 0 Å². The van der Waals surface area contributed by atoms with Crippen molar-refractivity contribution in [2.45, 2.75) is 0 Å². The summed E-state index contributed by atoms with van der Waals surface area (Å²) in [5.74, 6) is 0.706. The van der Waals surface area contributed by atoms with Gasteiger partial charge in [0.2, 0.25) is 0 Å². The van der Waals surface area contributed by atoms with Crippen LogP contribution < -0.4 is 0 Å². The molecule has 3 nitrogen and oxygen atoms in total. The monoisotopic (exact) mass is 550 g/mol. The van der Waals surface area contributed by atoms with Gasteiger partial charge in [-0.25, -0.2) is 9.97 Å². The average Bonchev–Trinajstić information content (AvgIpc) is 3.47. The summed E-state index contributed by atoms with van der Waals surface area (Å²) in [5, 5.41) is 2.25. The Morgan fingerprint density at radius 2 is 0.930 bits per heavy atom. The molecule has 2 heterocycles. The van der Waals surface area contributed by atoms with Gasteiger partial charge in [-0.3, -0.25) is 0 Å². The quantitative estimate of drug-likeness (QED) is 0.214. The van der Waals surface area contributed by atoms with E-state index in [1.807, 2.05) is 48.5 Å². The van der Waals surface area contributed by atoms with Crippen molar-refractivity contribution in [1.29, 1.82) is 0 Å². The van der Waals surface area contributed by atoms with E-state index in [1.165, 1.54) is 0 Å². The maximum absolute atomic E-state index is 6.09. The molecule has 3 heteroatoms. The molecular weight excluding hydrogens is 524 g/mol. The summed E-state index contributed by atoms with van der Waals surface area (Å²) >= 11 is 0. The number of hydrogen-bond donors (Lipinski definition) is 0. The second-order valence-electron chi connectivity index (χ2n) is 10.6. The number of para-hydroxylation sites is 1. The van der Waals surface area contributed by atoms with Crippen LogP contribution in [0, 0.1) is 0 Å². The highest BCUT2D eigenvalue weighted by molar-refractivity contribution is 6.06. The molecule has 0 spiro atoms. The van der Waals surface area contributed by atoms with Crippen LogP contribution in [0.4, 0.5) is 0 Å². The maximum atomic E-state index is 6.09. The van der Waals surface area contributed by atoms with Gasteiger partial charge in [-0.2, -0.15) is 0 Å². The van der Waals surface area contributed by atoms with Crippen LogP contribution in [0.15, 0.2) is 162 Å². The van der Waals surface area contributed by atoms with E-state index in [4.69, 9.17) is 14.4 Å². The normalized spacial score (nSPS) is 11.3. The van der Waals surface area contributed by atoms with Crippen molar-refractivity contribution < 1.29 is 4.42 Å². The van der Waals surface area contributed by atoms with E-state index in [-0.39, 0.29) is 0 Å². The number of aromatic nitrogens is 2. The van der Waals surface area contributed by atoms with E-state index in [2.05, 4.69) is 109 Å². The van der Waals surface area contributed by atoms with Crippen LogP contribution in [0.1, 0.15) is 0 Å². The number of nitrogens with zero attached hydrogens (tertiary/aromatic N) is 2. The Balaban J connectivity index is 1.33. The molecule has 0 aliphatic heterocycles. The van der Waals surface area contributed by atoms with Crippen LogP contribution in [0.3, 0.4) is 0 Å². The summed E-state index contributed by atoms with van der Waals surface area (Å²) in [7, 11) is 0. The molecular formula is C40H26N2O. The molecule has 8 rings (SSSR count). The Hall–Kier alpha value is -5.80. The van der Waals surface area contributed by atoms with Gasteiger partial charge in [-0.05, 0) is 52.6 Å². The Labute approximate surface area is 249 Å². The lowest BCUT2D eigenvalue weighted by atomic mass is 9.92. The van der Waals surface area contributed by atoms with Gasteiger partial charge in [-0.15, -0.1) is 0 Å². The van der Waals surface area contributed by atoms with Crippen molar-refractivity contribution in [1.82, 2.24) is 9.97 Å². The summed E-state index contributed by atoms with van der Waals surface area (Å²) in [6.07, 6.45) is 0. The summed E-state index contributed by atoms with van der Waals surface area (Å²) in [4.78, 5) is 10.1. The van der Waals surface area contributed by atoms with Gasteiger partial charge in [0.25, 0.3) is 0 Å². The first-order valence-electron chi connectivity index (χ1n) is 14.4. The van der Waals surface area contributed by atoms with E-state index < -0.39 is 0 Å². The minimum Gasteiger partial charge on any atom is -0.456 e. The first-order chi connectivity index (χ1) is 21.3. The van der Waals surface area contributed by atoms with Crippen molar-refractivity contribution in [2.24, 2.45) is 0 Å². The van der Waals surface area contributed by atoms with Crippen LogP contribution in [0.2, 0.25) is 0 Å². The predicted molar refractivity (Wildman–Crippen MR) is 176 cm³/mol. The summed E-state index contributed by atoms with van der Waals surface area (Å²) < 4.78 is 6.09. The van der Waals surface area contributed by atoms with Gasteiger partial charge in [0.1, 0.15) is 11.2 Å². The minimum absolute atomic E-state index is 0.706. The number of furan rings is 1. The van der Waals surface area contributed by atoms with E-state index >= 15 is 0 Å². The van der Waals surface area contributed by atoms with Crippen molar-refractivity contribution in [3.63, 3.8) is 0 Å². The Morgan fingerprint density at radius 1 is 0.349 bits per heavy atom. The predicted octanol–water partition coefficient (Wildman–Crippen LogP) is 10.7. The molecule has 6 aromatic carbocycles. The average molecular weight is 551 g/mol. The molecule has 2 aromatic heterocycles.